The van der Waals surface area contributed by atoms with Crippen molar-refractivity contribution in [1.82, 2.24) is 5.32 Å². The molecule has 228 valence electrons. The maximum atomic E-state index is 12.4. The van der Waals surface area contributed by atoms with E-state index < -0.39 is 30.1 Å². The standard InChI is InChI=1S/C32H54N2O6/c1-7-32(5,6)22(4)40-28-17-20(2)16-23-12-11-21(3)26(30(23)28)14-13-24(35)18-25(36)19-29(37)34-27(31(38)39)10-8-9-15-33/h11-12,16,20-21,24-28,30,35-36H,4,7-10,13-15,17-19,33H2,1-3,5-6H3,(H,34,37)(H,38,39)/t20-,21-,24+,25+,26-,27+,28-,30?/m0/s1. The number of nitrogens with one attached hydrogen (secondary N) is 1. The van der Waals surface area contributed by atoms with Crippen LogP contribution in [0.2, 0.25) is 0 Å². The highest BCUT2D eigenvalue weighted by Crippen LogP contribution is 2.46. The molecule has 2 aliphatic rings. The number of aliphatic carboxylic acids is 1. The number of carbonyl (C=O) groups is 2. The van der Waals surface area contributed by atoms with Gasteiger partial charge in [0, 0.05) is 11.3 Å². The number of fused-ring (bicyclic) bond motifs is 1. The highest BCUT2D eigenvalue weighted by molar-refractivity contribution is 5.83. The van der Waals surface area contributed by atoms with E-state index in [1.165, 1.54) is 5.57 Å². The first-order valence-electron chi connectivity index (χ1n) is 15.1. The SMILES string of the molecule is C=C(O[C@H]1C[C@@H](C)C=C2C=C[C@H](C)[C@H](CC[C@@H](O)C[C@@H](O)CC(=O)N[C@H](CCCCN)C(=O)O)C21)C(C)(C)CC. The first-order chi connectivity index (χ1) is 18.8. The van der Waals surface area contributed by atoms with Crippen LogP contribution in [0.5, 0.6) is 0 Å². The zero-order valence-electron chi connectivity index (χ0n) is 25.3. The highest BCUT2D eigenvalue weighted by Gasteiger charge is 2.41. The van der Waals surface area contributed by atoms with E-state index in [0.29, 0.717) is 37.6 Å². The summed E-state index contributed by atoms with van der Waals surface area (Å²) in [6, 6.07) is -1.01. The second-order valence-electron chi connectivity index (χ2n) is 12.7. The molecule has 0 aliphatic heterocycles. The van der Waals surface area contributed by atoms with Crippen molar-refractivity contribution in [3.8, 4) is 0 Å². The number of allylic oxidation sites excluding steroid dienone is 4. The van der Waals surface area contributed by atoms with E-state index in [1.54, 1.807) is 0 Å². The Bertz CT molecular complexity index is 913. The summed E-state index contributed by atoms with van der Waals surface area (Å²) >= 11 is 0. The van der Waals surface area contributed by atoms with E-state index in [-0.39, 0.29) is 42.6 Å². The van der Waals surface area contributed by atoms with Gasteiger partial charge in [0.05, 0.1) is 24.4 Å². The number of ether oxygens (including phenoxy) is 1. The molecule has 0 aromatic carbocycles. The Morgan fingerprint density at radius 2 is 1.90 bits per heavy atom. The van der Waals surface area contributed by atoms with Gasteiger partial charge in [0.15, 0.2) is 0 Å². The third-order valence-corrected chi connectivity index (χ3v) is 8.91. The molecule has 0 spiro atoms. The van der Waals surface area contributed by atoms with Crippen LogP contribution in [0, 0.1) is 29.1 Å². The summed E-state index contributed by atoms with van der Waals surface area (Å²) in [5.41, 5.74) is 6.64. The zero-order valence-corrected chi connectivity index (χ0v) is 25.3. The Morgan fingerprint density at radius 1 is 1.20 bits per heavy atom. The van der Waals surface area contributed by atoms with E-state index in [9.17, 15) is 24.9 Å². The molecule has 0 heterocycles. The molecule has 8 heteroatoms. The Hall–Kier alpha value is -2.16. The van der Waals surface area contributed by atoms with Crippen LogP contribution in [0.1, 0.15) is 92.4 Å². The third kappa shape index (κ3) is 10.0. The zero-order chi connectivity index (χ0) is 30.0. The molecule has 8 nitrogen and oxygen atoms in total. The van der Waals surface area contributed by atoms with Crippen molar-refractivity contribution in [3.63, 3.8) is 0 Å². The first-order valence-corrected chi connectivity index (χ1v) is 15.1. The fourth-order valence-electron chi connectivity index (χ4n) is 5.88. The van der Waals surface area contributed by atoms with Crippen LogP contribution >= 0.6 is 0 Å². The average molecular weight is 563 g/mol. The van der Waals surface area contributed by atoms with Gasteiger partial charge in [0.1, 0.15) is 12.1 Å². The van der Waals surface area contributed by atoms with Crippen LogP contribution in [-0.4, -0.2) is 58.1 Å². The van der Waals surface area contributed by atoms with Gasteiger partial charge in [0.25, 0.3) is 0 Å². The normalized spacial score (nSPS) is 26.7. The number of nitrogens with two attached hydrogens (primary N) is 1. The number of carbonyl (C=O) groups excluding carboxylic acids is 1. The molecule has 1 amide bonds. The Balaban J connectivity index is 1.97. The average Bonchev–Trinajstić information content (AvgIpc) is 2.87. The molecule has 2 aliphatic carbocycles. The second-order valence-corrected chi connectivity index (χ2v) is 12.7. The maximum Gasteiger partial charge on any atom is 0.326 e. The molecule has 8 atom stereocenters. The molecule has 0 radical (unpaired) electrons. The van der Waals surface area contributed by atoms with Crippen LogP contribution in [0.25, 0.3) is 0 Å². The molecular weight excluding hydrogens is 508 g/mol. The summed E-state index contributed by atoms with van der Waals surface area (Å²) < 4.78 is 6.60. The number of aliphatic hydroxyl groups is 2. The summed E-state index contributed by atoms with van der Waals surface area (Å²) in [6.45, 7) is 15.6. The molecule has 0 saturated heterocycles. The van der Waals surface area contributed by atoms with Gasteiger partial charge >= 0.3 is 5.97 Å². The number of hydrogen-bond acceptors (Lipinski definition) is 6. The number of carboxylic acids is 1. The molecule has 0 aromatic rings. The largest absolute Gasteiger partial charge is 0.494 e. The van der Waals surface area contributed by atoms with Crippen molar-refractivity contribution in [3.05, 3.63) is 36.1 Å². The van der Waals surface area contributed by atoms with Gasteiger partial charge in [-0.05, 0) is 81.2 Å². The lowest BCUT2D eigenvalue weighted by Crippen LogP contribution is -2.42. The highest BCUT2D eigenvalue weighted by atomic mass is 16.5. The third-order valence-electron chi connectivity index (χ3n) is 8.91. The van der Waals surface area contributed by atoms with Gasteiger partial charge in [-0.2, -0.15) is 0 Å². The van der Waals surface area contributed by atoms with Crippen molar-refractivity contribution < 1.29 is 29.6 Å². The molecule has 0 fully saturated rings. The van der Waals surface area contributed by atoms with Crippen molar-refractivity contribution >= 4 is 11.9 Å². The monoisotopic (exact) mass is 562 g/mol. The van der Waals surface area contributed by atoms with Gasteiger partial charge < -0.3 is 31.1 Å². The van der Waals surface area contributed by atoms with E-state index >= 15 is 0 Å². The predicted octanol–water partition coefficient (Wildman–Crippen LogP) is 4.71. The summed E-state index contributed by atoms with van der Waals surface area (Å²) in [4.78, 5) is 23.8. The number of rotatable bonds is 17. The van der Waals surface area contributed by atoms with Gasteiger partial charge in [-0.15, -0.1) is 0 Å². The smallest absolute Gasteiger partial charge is 0.326 e. The lowest BCUT2D eigenvalue weighted by molar-refractivity contribution is -0.142. The fraction of sp³-hybridized carbons (Fsp3) is 0.750. The molecule has 6 N–H and O–H groups in total. The van der Waals surface area contributed by atoms with E-state index in [4.69, 9.17) is 10.5 Å². The topological polar surface area (TPSA) is 142 Å². The van der Waals surface area contributed by atoms with Crippen LogP contribution in [0.4, 0.5) is 0 Å². The van der Waals surface area contributed by atoms with Crippen LogP contribution < -0.4 is 11.1 Å². The molecule has 0 bridgehead atoms. The van der Waals surface area contributed by atoms with Crippen molar-refractivity contribution in [1.29, 1.82) is 0 Å². The molecule has 0 aromatic heterocycles. The van der Waals surface area contributed by atoms with Crippen molar-refractivity contribution in [2.75, 3.05) is 6.54 Å². The predicted molar refractivity (Wildman–Crippen MR) is 158 cm³/mol. The molecular formula is C32H54N2O6. The maximum absolute atomic E-state index is 12.4. The van der Waals surface area contributed by atoms with Crippen molar-refractivity contribution in [2.24, 2.45) is 34.8 Å². The summed E-state index contributed by atoms with van der Waals surface area (Å²) in [6.07, 6.45) is 9.48. The second kappa shape index (κ2) is 15.7. The lowest BCUT2D eigenvalue weighted by atomic mass is 9.65. The quantitative estimate of drug-likeness (QED) is 0.128. The molecule has 40 heavy (non-hydrogen) atoms. The van der Waals surface area contributed by atoms with Crippen LogP contribution in [0.15, 0.2) is 36.1 Å². The first kappa shape index (κ1) is 34.0. The van der Waals surface area contributed by atoms with E-state index in [1.807, 2.05) is 0 Å². The molecule has 1 unspecified atom stereocenters. The van der Waals surface area contributed by atoms with Gasteiger partial charge in [-0.3, -0.25) is 4.79 Å². The molecule has 0 saturated carbocycles. The van der Waals surface area contributed by atoms with Gasteiger partial charge in [0.2, 0.25) is 5.91 Å². The Labute approximate surface area is 241 Å². The summed E-state index contributed by atoms with van der Waals surface area (Å²) in [7, 11) is 0. The number of amides is 1. The number of carboxylic acid groups (broad SMARTS) is 1. The van der Waals surface area contributed by atoms with Crippen LogP contribution in [-0.2, 0) is 14.3 Å². The Morgan fingerprint density at radius 3 is 2.52 bits per heavy atom. The van der Waals surface area contributed by atoms with Crippen LogP contribution in [0.3, 0.4) is 0 Å². The minimum atomic E-state index is -1.11. The summed E-state index contributed by atoms with van der Waals surface area (Å²) in [5, 5.41) is 33.1. The van der Waals surface area contributed by atoms with E-state index in [0.717, 1.165) is 25.0 Å². The number of hydrogen-bond donors (Lipinski definition) is 5. The minimum Gasteiger partial charge on any atom is -0.494 e. The summed E-state index contributed by atoms with van der Waals surface area (Å²) in [5.74, 6) is 0.365. The van der Waals surface area contributed by atoms with Gasteiger partial charge in [-0.25, -0.2) is 4.79 Å². The van der Waals surface area contributed by atoms with Crippen molar-refractivity contribution in [2.45, 2.75) is 117 Å². The number of aliphatic hydroxyl groups excluding tert-OH is 2. The Kier molecular flexibility index (Phi) is 13.4. The minimum absolute atomic E-state index is 0.0178. The van der Waals surface area contributed by atoms with E-state index in [2.05, 4.69) is 64.7 Å². The number of unbranched alkanes of at least 4 members (excludes halogenated alkanes) is 1. The molecule has 2 rings (SSSR count). The fourth-order valence-corrected chi connectivity index (χ4v) is 5.88. The lowest BCUT2D eigenvalue weighted by Gasteiger charge is -2.45. The van der Waals surface area contributed by atoms with Gasteiger partial charge in [-0.1, -0.05) is 59.4 Å².